The van der Waals surface area contributed by atoms with Crippen molar-refractivity contribution in [3.8, 4) is 29.6 Å². The molecule has 1 N–H and O–H groups in total. The molecule has 0 atom stereocenters. The van der Waals surface area contributed by atoms with Gasteiger partial charge in [0.1, 0.15) is 18.9 Å². The average Bonchev–Trinajstić information content (AvgIpc) is 3.06. The zero-order chi connectivity index (χ0) is 24.7. The first-order valence-corrected chi connectivity index (χ1v) is 11.3. The molecule has 3 amide bonds. The van der Waals surface area contributed by atoms with E-state index in [0.29, 0.717) is 35.1 Å². The van der Waals surface area contributed by atoms with E-state index >= 15 is 0 Å². The fraction of sp³-hybridized carbons (Fsp3) is 0.208. The zero-order valence-corrected chi connectivity index (χ0v) is 20.0. The maximum atomic E-state index is 12.8. The van der Waals surface area contributed by atoms with Gasteiger partial charge in [0, 0.05) is 5.69 Å². The van der Waals surface area contributed by atoms with E-state index in [-0.39, 0.29) is 16.5 Å². The molecule has 0 aliphatic carbocycles. The normalized spacial score (nSPS) is 14.2. The van der Waals surface area contributed by atoms with Crippen molar-refractivity contribution < 1.29 is 28.6 Å². The molecule has 8 nitrogen and oxygen atoms in total. The summed E-state index contributed by atoms with van der Waals surface area (Å²) in [7, 11) is 1.54. The Morgan fingerprint density at radius 2 is 1.97 bits per heavy atom. The van der Waals surface area contributed by atoms with Crippen LogP contribution in [0.3, 0.4) is 0 Å². The number of anilines is 1. The molecule has 0 spiro atoms. The summed E-state index contributed by atoms with van der Waals surface area (Å²) in [5.41, 5.74) is 1.04. The number of nitrogens with one attached hydrogen (secondary N) is 1. The molecular formula is C24H21ClN2O6S. The Kier molecular flexibility index (Phi) is 8.46. The minimum absolute atomic E-state index is 0.0105. The predicted octanol–water partition coefficient (Wildman–Crippen LogP) is 4.43. The molecule has 3 rings (SSSR count). The lowest BCUT2D eigenvalue weighted by Crippen LogP contribution is -2.36. The Balaban J connectivity index is 1.74. The Bertz CT molecular complexity index is 1170. The molecule has 2 aromatic rings. The van der Waals surface area contributed by atoms with Gasteiger partial charge < -0.3 is 19.5 Å². The number of thioether (sulfide) groups is 1. The number of nitrogens with zero attached hydrogens (tertiary/aromatic N) is 1. The maximum Gasteiger partial charge on any atom is 0.294 e. The van der Waals surface area contributed by atoms with Crippen LogP contribution in [0.2, 0.25) is 5.02 Å². The molecule has 0 unspecified atom stereocenters. The number of hydrogen-bond acceptors (Lipinski definition) is 7. The molecule has 1 fully saturated rings. The van der Waals surface area contributed by atoms with Crippen LogP contribution in [0.15, 0.2) is 41.3 Å². The first kappa shape index (κ1) is 25.0. The molecule has 34 heavy (non-hydrogen) atoms. The van der Waals surface area contributed by atoms with Gasteiger partial charge in [-0.05, 0) is 66.7 Å². The van der Waals surface area contributed by atoms with Crippen LogP contribution >= 0.6 is 23.4 Å². The van der Waals surface area contributed by atoms with Crippen molar-refractivity contribution in [3.63, 3.8) is 0 Å². The van der Waals surface area contributed by atoms with E-state index in [2.05, 4.69) is 11.2 Å². The third-order valence-electron chi connectivity index (χ3n) is 4.48. The molecule has 1 aliphatic rings. The maximum absolute atomic E-state index is 12.8. The molecule has 2 aromatic carbocycles. The van der Waals surface area contributed by atoms with Gasteiger partial charge in [0.2, 0.25) is 5.91 Å². The lowest BCUT2D eigenvalue weighted by Gasteiger charge is -2.13. The van der Waals surface area contributed by atoms with Gasteiger partial charge in [0.25, 0.3) is 11.1 Å². The molecule has 1 heterocycles. The number of methoxy groups -OCH3 is 1. The number of imide groups is 1. The summed E-state index contributed by atoms with van der Waals surface area (Å²) in [6, 6.07) is 9.88. The van der Waals surface area contributed by atoms with Crippen molar-refractivity contribution in [1.82, 2.24) is 4.90 Å². The summed E-state index contributed by atoms with van der Waals surface area (Å²) in [6.45, 7) is 1.74. The molecule has 1 aliphatic heterocycles. The van der Waals surface area contributed by atoms with Gasteiger partial charge in [-0.25, -0.2) is 0 Å². The van der Waals surface area contributed by atoms with E-state index < -0.39 is 23.6 Å². The van der Waals surface area contributed by atoms with Crippen molar-refractivity contribution in [2.24, 2.45) is 0 Å². The van der Waals surface area contributed by atoms with Gasteiger partial charge in [-0.3, -0.25) is 19.3 Å². The molecular weight excluding hydrogens is 480 g/mol. The van der Waals surface area contributed by atoms with Crippen molar-refractivity contribution in [1.29, 1.82) is 0 Å². The predicted molar refractivity (Wildman–Crippen MR) is 131 cm³/mol. The van der Waals surface area contributed by atoms with E-state index in [1.165, 1.54) is 13.2 Å². The Labute approximate surface area is 206 Å². The van der Waals surface area contributed by atoms with Crippen molar-refractivity contribution in [2.75, 3.05) is 32.2 Å². The van der Waals surface area contributed by atoms with Gasteiger partial charge in [0.05, 0.1) is 23.6 Å². The molecule has 0 saturated carbocycles. The van der Waals surface area contributed by atoms with Crippen molar-refractivity contribution in [2.45, 2.75) is 6.92 Å². The van der Waals surface area contributed by atoms with Crippen LogP contribution in [-0.4, -0.2) is 48.8 Å². The smallest absolute Gasteiger partial charge is 0.294 e. The second-order valence-electron chi connectivity index (χ2n) is 6.80. The van der Waals surface area contributed by atoms with E-state index in [9.17, 15) is 14.4 Å². The number of terminal acetylenes is 1. The highest BCUT2D eigenvalue weighted by Gasteiger charge is 2.36. The van der Waals surface area contributed by atoms with E-state index in [4.69, 9.17) is 32.2 Å². The minimum Gasteiger partial charge on any atom is -0.497 e. The molecule has 0 bridgehead atoms. The average molecular weight is 501 g/mol. The summed E-state index contributed by atoms with van der Waals surface area (Å²) in [5.74, 6) is 2.56. The monoisotopic (exact) mass is 500 g/mol. The lowest BCUT2D eigenvalue weighted by molar-refractivity contribution is -0.127. The lowest BCUT2D eigenvalue weighted by atomic mass is 10.1. The van der Waals surface area contributed by atoms with Crippen LogP contribution in [0.5, 0.6) is 17.2 Å². The van der Waals surface area contributed by atoms with E-state index in [1.807, 2.05) is 0 Å². The first-order valence-electron chi connectivity index (χ1n) is 10.1. The number of amides is 3. The molecule has 0 aromatic heterocycles. The van der Waals surface area contributed by atoms with E-state index in [1.54, 1.807) is 43.3 Å². The number of carbonyl (C=O) groups excluding carboxylic acids is 3. The molecule has 176 valence electrons. The van der Waals surface area contributed by atoms with Crippen LogP contribution in [-0.2, 0) is 9.59 Å². The Morgan fingerprint density at radius 3 is 2.62 bits per heavy atom. The number of hydrogen-bond donors (Lipinski definition) is 1. The van der Waals surface area contributed by atoms with Gasteiger partial charge in [-0.1, -0.05) is 17.5 Å². The summed E-state index contributed by atoms with van der Waals surface area (Å²) in [6.07, 6.45) is 6.75. The quantitative estimate of drug-likeness (QED) is 0.402. The summed E-state index contributed by atoms with van der Waals surface area (Å²) >= 11 is 7.05. The van der Waals surface area contributed by atoms with Crippen LogP contribution in [0.25, 0.3) is 6.08 Å². The standard InChI is InChI=1S/C24H21ClN2O6S/c1-4-10-33-22-18(25)11-15(12-19(22)32-5-2)13-20-23(29)27(24(30)34-20)14-21(28)26-16-6-8-17(31-3)9-7-16/h1,6-9,11-13H,5,10,14H2,2-3H3,(H,26,28)/b20-13+. The van der Waals surface area contributed by atoms with E-state index in [0.717, 1.165) is 16.7 Å². The van der Waals surface area contributed by atoms with Gasteiger partial charge >= 0.3 is 0 Å². The van der Waals surface area contributed by atoms with Crippen molar-refractivity contribution >= 4 is 52.2 Å². The Morgan fingerprint density at radius 1 is 1.24 bits per heavy atom. The fourth-order valence-corrected chi connectivity index (χ4v) is 4.11. The van der Waals surface area contributed by atoms with Crippen LogP contribution in [0, 0.1) is 12.3 Å². The highest BCUT2D eigenvalue weighted by molar-refractivity contribution is 8.18. The number of benzene rings is 2. The van der Waals surface area contributed by atoms with Gasteiger partial charge in [-0.15, -0.1) is 6.42 Å². The molecule has 10 heteroatoms. The Hall–Kier alpha value is -3.61. The minimum atomic E-state index is -0.582. The summed E-state index contributed by atoms with van der Waals surface area (Å²) in [5, 5.41) is 2.34. The molecule has 1 saturated heterocycles. The number of carbonyl (C=O) groups is 3. The van der Waals surface area contributed by atoms with Crippen LogP contribution in [0.4, 0.5) is 10.5 Å². The number of ether oxygens (including phenoxy) is 3. The highest BCUT2D eigenvalue weighted by atomic mass is 35.5. The second kappa shape index (κ2) is 11.5. The van der Waals surface area contributed by atoms with Crippen LogP contribution in [0.1, 0.15) is 12.5 Å². The topological polar surface area (TPSA) is 94.2 Å². The second-order valence-corrected chi connectivity index (χ2v) is 8.20. The number of rotatable bonds is 9. The SMILES string of the molecule is C#CCOc1c(Cl)cc(/C=C2/SC(=O)N(CC(=O)Nc3ccc(OC)cc3)C2=O)cc1OCC. The van der Waals surface area contributed by atoms with Gasteiger partial charge in [0.15, 0.2) is 11.5 Å². The van der Waals surface area contributed by atoms with Gasteiger partial charge in [-0.2, -0.15) is 0 Å². The third kappa shape index (κ3) is 6.04. The third-order valence-corrected chi connectivity index (χ3v) is 5.67. The fourth-order valence-electron chi connectivity index (χ4n) is 2.99. The summed E-state index contributed by atoms with van der Waals surface area (Å²) < 4.78 is 16.1. The first-order chi connectivity index (χ1) is 16.4. The zero-order valence-electron chi connectivity index (χ0n) is 18.4. The molecule has 0 radical (unpaired) electrons. The van der Waals surface area contributed by atoms with Crippen molar-refractivity contribution in [3.05, 3.63) is 51.9 Å². The summed E-state index contributed by atoms with van der Waals surface area (Å²) in [4.78, 5) is 38.6. The largest absolute Gasteiger partial charge is 0.497 e. The number of halogens is 1. The van der Waals surface area contributed by atoms with Crippen LogP contribution < -0.4 is 19.5 Å². The highest BCUT2D eigenvalue weighted by Crippen LogP contribution is 2.39.